The van der Waals surface area contributed by atoms with Gasteiger partial charge in [0, 0.05) is 12.5 Å². The first-order chi connectivity index (χ1) is 12.1. The molecule has 2 aromatic carbocycles. The van der Waals surface area contributed by atoms with Crippen LogP contribution in [0.3, 0.4) is 0 Å². The molecule has 3 rings (SSSR count). The summed E-state index contributed by atoms with van der Waals surface area (Å²) in [4.78, 5) is -0.401. The van der Waals surface area contributed by atoms with Crippen molar-refractivity contribution in [3.8, 4) is 5.75 Å². The number of hydrogen-bond acceptors (Lipinski definition) is 3. The Morgan fingerprint density at radius 2 is 1.96 bits per heavy atom. The van der Waals surface area contributed by atoms with Gasteiger partial charge in [-0.25, -0.2) is 13.1 Å². The van der Waals surface area contributed by atoms with Crippen molar-refractivity contribution in [1.82, 2.24) is 4.72 Å². The Balaban J connectivity index is 1.73. The van der Waals surface area contributed by atoms with Crippen LogP contribution in [0.2, 0.25) is 0 Å². The number of hydrogen-bond donors (Lipinski definition) is 1. The molecular weight excluding hydrogens is 367 g/mol. The van der Waals surface area contributed by atoms with Crippen LogP contribution >= 0.6 is 0 Å². The van der Waals surface area contributed by atoms with Crippen LogP contribution in [0.4, 0.5) is 13.2 Å². The fourth-order valence-electron chi connectivity index (χ4n) is 2.93. The quantitative estimate of drug-likeness (QED) is 0.857. The molecule has 1 atom stereocenters. The number of halogens is 3. The van der Waals surface area contributed by atoms with Gasteiger partial charge in [-0.3, -0.25) is 0 Å². The largest absolute Gasteiger partial charge is 0.493 e. The maximum atomic E-state index is 12.8. The summed E-state index contributed by atoms with van der Waals surface area (Å²) in [7, 11) is -4.05. The van der Waals surface area contributed by atoms with Crippen LogP contribution < -0.4 is 9.46 Å². The molecule has 1 unspecified atom stereocenters. The van der Waals surface area contributed by atoms with Crippen LogP contribution in [0.25, 0.3) is 0 Å². The zero-order valence-electron chi connectivity index (χ0n) is 14.0. The van der Waals surface area contributed by atoms with E-state index < -0.39 is 32.7 Å². The Labute approximate surface area is 150 Å². The van der Waals surface area contributed by atoms with Crippen molar-refractivity contribution in [3.05, 3.63) is 59.2 Å². The molecule has 0 bridgehead atoms. The first kappa shape index (κ1) is 18.7. The fourth-order valence-corrected chi connectivity index (χ4v) is 4.22. The Hall–Kier alpha value is -2.06. The Bertz CT molecular complexity index is 910. The lowest BCUT2D eigenvalue weighted by Gasteiger charge is -2.16. The second kappa shape index (κ2) is 6.92. The smallest absolute Gasteiger partial charge is 0.416 e. The van der Waals surface area contributed by atoms with Gasteiger partial charge in [0.1, 0.15) is 5.75 Å². The summed E-state index contributed by atoms with van der Waals surface area (Å²) >= 11 is 0. The molecule has 1 N–H and O–H groups in total. The second-order valence-electron chi connectivity index (χ2n) is 6.29. The third kappa shape index (κ3) is 4.19. The SMILES string of the molecule is CC(Cc1ccc2c(c1)CCO2)NS(=O)(=O)c1cccc(C(F)(F)F)c1. The maximum absolute atomic E-state index is 12.8. The molecule has 1 aliphatic heterocycles. The van der Waals surface area contributed by atoms with Crippen LogP contribution in [0.15, 0.2) is 47.4 Å². The van der Waals surface area contributed by atoms with E-state index in [1.807, 2.05) is 18.2 Å². The van der Waals surface area contributed by atoms with E-state index in [4.69, 9.17) is 4.74 Å². The summed E-state index contributed by atoms with van der Waals surface area (Å²) in [5.74, 6) is 0.839. The lowest BCUT2D eigenvalue weighted by Crippen LogP contribution is -2.34. The van der Waals surface area contributed by atoms with Crippen molar-refractivity contribution < 1.29 is 26.3 Å². The van der Waals surface area contributed by atoms with E-state index in [1.54, 1.807) is 6.92 Å². The van der Waals surface area contributed by atoms with Crippen molar-refractivity contribution in [2.45, 2.75) is 36.9 Å². The summed E-state index contributed by atoms with van der Waals surface area (Å²) in [6.45, 7) is 2.31. The lowest BCUT2D eigenvalue weighted by atomic mass is 10.0. The molecule has 0 fully saturated rings. The number of nitrogens with one attached hydrogen (secondary N) is 1. The number of sulfonamides is 1. The summed E-state index contributed by atoms with van der Waals surface area (Å²) in [6.07, 6.45) is -3.36. The van der Waals surface area contributed by atoms with E-state index in [0.717, 1.165) is 41.5 Å². The van der Waals surface area contributed by atoms with Crippen molar-refractivity contribution in [1.29, 1.82) is 0 Å². The molecule has 0 amide bonds. The number of benzene rings is 2. The Morgan fingerprint density at radius 1 is 1.19 bits per heavy atom. The van der Waals surface area contributed by atoms with E-state index in [-0.39, 0.29) is 0 Å². The first-order valence-corrected chi connectivity index (χ1v) is 9.58. The zero-order valence-corrected chi connectivity index (χ0v) is 14.8. The van der Waals surface area contributed by atoms with E-state index in [0.29, 0.717) is 19.1 Å². The second-order valence-corrected chi connectivity index (χ2v) is 8.01. The lowest BCUT2D eigenvalue weighted by molar-refractivity contribution is -0.137. The van der Waals surface area contributed by atoms with Crippen LogP contribution in [-0.4, -0.2) is 21.1 Å². The van der Waals surface area contributed by atoms with Crippen LogP contribution in [0, 0.1) is 0 Å². The molecule has 0 radical (unpaired) electrons. The van der Waals surface area contributed by atoms with Crippen LogP contribution in [0.5, 0.6) is 5.75 Å². The van der Waals surface area contributed by atoms with Crippen molar-refractivity contribution in [2.75, 3.05) is 6.61 Å². The third-order valence-electron chi connectivity index (χ3n) is 4.12. The highest BCUT2D eigenvalue weighted by atomic mass is 32.2. The standard InChI is InChI=1S/C18H18F3NO3S/c1-12(9-13-5-6-17-14(10-13)7-8-25-17)22-26(23,24)16-4-2-3-15(11-16)18(19,20)21/h2-6,10-12,22H,7-9H2,1H3. The van der Waals surface area contributed by atoms with Gasteiger partial charge in [0.05, 0.1) is 17.1 Å². The number of rotatable bonds is 5. The highest BCUT2D eigenvalue weighted by Crippen LogP contribution is 2.30. The first-order valence-electron chi connectivity index (χ1n) is 8.09. The summed E-state index contributed by atoms with van der Waals surface area (Å²) in [6, 6.07) is 8.92. The van der Waals surface area contributed by atoms with Gasteiger partial charge in [-0.1, -0.05) is 18.2 Å². The Morgan fingerprint density at radius 3 is 2.69 bits per heavy atom. The predicted molar refractivity (Wildman–Crippen MR) is 90.6 cm³/mol. The molecule has 0 saturated carbocycles. The minimum atomic E-state index is -4.59. The van der Waals surface area contributed by atoms with Crippen molar-refractivity contribution >= 4 is 10.0 Å². The summed E-state index contributed by atoms with van der Waals surface area (Å²) < 4.78 is 71.0. The molecule has 26 heavy (non-hydrogen) atoms. The fraction of sp³-hybridized carbons (Fsp3) is 0.333. The molecule has 0 saturated heterocycles. The van der Waals surface area contributed by atoms with Crippen molar-refractivity contribution in [3.63, 3.8) is 0 Å². The van der Waals surface area contributed by atoms with E-state index >= 15 is 0 Å². The van der Waals surface area contributed by atoms with Gasteiger partial charge in [0.2, 0.25) is 10.0 Å². The van der Waals surface area contributed by atoms with Crippen LogP contribution in [0.1, 0.15) is 23.6 Å². The molecule has 140 valence electrons. The zero-order chi connectivity index (χ0) is 18.9. The monoisotopic (exact) mass is 385 g/mol. The normalized spacial score (nSPS) is 15.4. The van der Waals surface area contributed by atoms with E-state index in [1.165, 1.54) is 0 Å². The van der Waals surface area contributed by atoms with Crippen molar-refractivity contribution in [2.24, 2.45) is 0 Å². The number of alkyl halides is 3. The van der Waals surface area contributed by atoms with Gasteiger partial charge in [0.25, 0.3) is 0 Å². The molecular formula is C18H18F3NO3S. The van der Waals surface area contributed by atoms with Gasteiger partial charge in [0.15, 0.2) is 0 Å². The number of ether oxygens (including phenoxy) is 1. The third-order valence-corrected chi connectivity index (χ3v) is 5.71. The average Bonchev–Trinajstić information content (AvgIpc) is 3.01. The minimum Gasteiger partial charge on any atom is -0.493 e. The molecule has 2 aromatic rings. The van der Waals surface area contributed by atoms with E-state index in [2.05, 4.69) is 4.72 Å². The topological polar surface area (TPSA) is 55.4 Å². The summed E-state index contributed by atoms with van der Waals surface area (Å²) in [5, 5.41) is 0. The molecule has 1 heterocycles. The van der Waals surface area contributed by atoms with Gasteiger partial charge in [-0.15, -0.1) is 0 Å². The number of fused-ring (bicyclic) bond motifs is 1. The molecule has 0 aliphatic carbocycles. The molecule has 0 aromatic heterocycles. The summed E-state index contributed by atoms with van der Waals surface area (Å²) in [5.41, 5.74) is 1.02. The highest BCUT2D eigenvalue weighted by molar-refractivity contribution is 7.89. The maximum Gasteiger partial charge on any atom is 0.416 e. The molecule has 1 aliphatic rings. The highest BCUT2D eigenvalue weighted by Gasteiger charge is 2.31. The van der Waals surface area contributed by atoms with Crippen LogP contribution in [-0.2, 0) is 29.0 Å². The van der Waals surface area contributed by atoms with Gasteiger partial charge in [-0.2, -0.15) is 13.2 Å². The van der Waals surface area contributed by atoms with Gasteiger partial charge < -0.3 is 4.74 Å². The minimum absolute atomic E-state index is 0.401. The van der Waals surface area contributed by atoms with Gasteiger partial charge >= 0.3 is 6.18 Å². The van der Waals surface area contributed by atoms with E-state index in [9.17, 15) is 21.6 Å². The molecule has 0 spiro atoms. The Kier molecular flexibility index (Phi) is 4.98. The molecule has 4 nitrogen and oxygen atoms in total. The molecule has 8 heteroatoms. The van der Waals surface area contributed by atoms with Gasteiger partial charge in [-0.05, 0) is 48.7 Å². The average molecular weight is 385 g/mol. The predicted octanol–water partition coefficient (Wildman–Crippen LogP) is 3.55.